The molecule has 24 heavy (non-hydrogen) atoms. The molecule has 3 heterocycles. The Bertz CT molecular complexity index is 774. The third-order valence-electron chi connectivity index (χ3n) is 4.72. The average molecular weight is 331 g/mol. The highest BCUT2D eigenvalue weighted by Crippen LogP contribution is 2.23. The molecule has 2 aromatic rings. The molecule has 0 radical (unpaired) electrons. The molecule has 1 unspecified atom stereocenters. The van der Waals surface area contributed by atoms with Crippen LogP contribution in [-0.4, -0.2) is 66.9 Å². The molecule has 0 fully saturated rings. The fourth-order valence-corrected chi connectivity index (χ4v) is 3.41. The van der Waals surface area contributed by atoms with Gasteiger partial charge >= 0.3 is 0 Å². The molecule has 1 amide bonds. The summed E-state index contributed by atoms with van der Waals surface area (Å²) in [6, 6.07) is 0.0775. The second-order valence-corrected chi connectivity index (χ2v) is 6.79. The van der Waals surface area contributed by atoms with Crippen LogP contribution in [-0.2, 0) is 20.1 Å². The van der Waals surface area contributed by atoms with E-state index in [2.05, 4.69) is 24.8 Å². The maximum Gasteiger partial charge on any atom is 0.258 e. The van der Waals surface area contributed by atoms with Crippen molar-refractivity contribution in [2.24, 2.45) is 7.05 Å². The van der Waals surface area contributed by atoms with Crippen molar-refractivity contribution >= 4 is 5.91 Å². The largest absolute Gasteiger partial charge is 0.325 e. The van der Waals surface area contributed by atoms with E-state index in [9.17, 15) is 4.79 Å². The zero-order valence-corrected chi connectivity index (χ0v) is 15.2. The Morgan fingerprint density at radius 1 is 1.25 bits per heavy atom. The molecule has 0 saturated heterocycles. The van der Waals surface area contributed by atoms with E-state index in [4.69, 9.17) is 0 Å². The SMILES string of the molecule is Cc1nn(C)c(C)c1C(=O)N1Cc2nnc(C)n2CC1CN(C)C. The lowest BCUT2D eigenvalue weighted by Gasteiger charge is -2.37. The Labute approximate surface area is 142 Å². The van der Waals surface area contributed by atoms with E-state index in [1.165, 1.54) is 0 Å². The number of carbonyl (C=O) groups is 1. The van der Waals surface area contributed by atoms with Gasteiger partial charge in [-0.1, -0.05) is 0 Å². The Morgan fingerprint density at radius 3 is 2.54 bits per heavy atom. The van der Waals surface area contributed by atoms with Crippen molar-refractivity contribution in [1.29, 1.82) is 0 Å². The van der Waals surface area contributed by atoms with Gasteiger partial charge in [-0.2, -0.15) is 5.10 Å². The summed E-state index contributed by atoms with van der Waals surface area (Å²) in [6.07, 6.45) is 0. The van der Waals surface area contributed by atoms with Crippen LogP contribution in [0.15, 0.2) is 0 Å². The predicted octanol–water partition coefficient (Wildman–Crippen LogP) is 0.523. The third kappa shape index (κ3) is 2.71. The van der Waals surface area contributed by atoms with Gasteiger partial charge in [0.05, 0.1) is 23.8 Å². The molecule has 0 N–H and O–H groups in total. The topological polar surface area (TPSA) is 72.1 Å². The van der Waals surface area contributed by atoms with E-state index in [1.807, 2.05) is 46.8 Å². The standard InChI is InChI=1S/C16H25N7O/c1-10-15(11(2)21(6)19-10)16(24)23-9-14-18-17-12(3)22(14)8-13(23)7-20(4)5/h13H,7-9H2,1-6H3. The number of aromatic nitrogens is 5. The van der Waals surface area contributed by atoms with Crippen LogP contribution >= 0.6 is 0 Å². The van der Waals surface area contributed by atoms with Crippen molar-refractivity contribution < 1.29 is 4.79 Å². The molecule has 0 saturated carbocycles. The van der Waals surface area contributed by atoms with Crippen LogP contribution in [0.3, 0.4) is 0 Å². The summed E-state index contributed by atoms with van der Waals surface area (Å²) in [7, 11) is 5.92. The van der Waals surface area contributed by atoms with Gasteiger partial charge in [0.1, 0.15) is 5.82 Å². The molecule has 1 atom stereocenters. The number of likely N-dealkylation sites (N-methyl/N-ethyl adjacent to an activating group) is 1. The average Bonchev–Trinajstić information content (AvgIpc) is 2.98. The van der Waals surface area contributed by atoms with E-state index in [1.54, 1.807) is 4.68 Å². The summed E-state index contributed by atoms with van der Waals surface area (Å²) in [5.41, 5.74) is 2.36. The number of amides is 1. The van der Waals surface area contributed by atoms with Crippen LogP contribution < -0.4 is 0 Å². The first-order valence-corrected chi connectivity index (χ1v) is 8.14. The van der Waals surface area contributed by atoms with Crippen molar-refractivity contribution in [3.05, 3.63) is 28.6 Å². The first kappa shape index (κ1) is 16.6. The fraction of sp³-hybridized carbons (Fsp3) is 0.625. The number of rotatable bonds is 3. The van der Waals surface area contributed by atoms with Gasteiger partial charge in [0.2, 0.25) is 0 Å². The van der Waals surface area contributed by atoms with Gasteiger partial charge in [0.25, 0.3) is 5.91 Å². The summed E-state index contributed by atoms with van der Waals surface area (Å²) in [6.45, 7) is 7.77. The lowest BCUT2D eigenvalue weighted by Crippen LogP contribution is -2.51. The zero-order chi connectivity index (χ0) is 17.6. The van der Waals surface area contributed by atoms with E-state index >= 15 is 0 Å². The van der Waals surface area contributed by atoms with Crippen LogP contribution in [0.2, 0.25) is 0 Å². The first-order chi connectivity index (χ1) is 11.3. The lowest BCUT2D eigenvalue weighted by molar-refractivity contribution is 0.0541. The molecule has 130 valence electrons. The number of fused-ring (bicyclic) bond motifs is 1. The molecule has 2 aromatic heterocycles. The molecule has 0 aromatic carbocycles. The number of carbonyl (C=O) groups excluding carboxylic acids is 1. The van der Waals surface area contributed by atoms with Crippen molar-refractivity contribution in [3.8, 4) is 0 Å². The second-order valence-electron chi connectivity index (χ2n) is 6.79. The minimum atomic E-state index is 0.0249. The molecule has 0 bridgehead atoms. The van der Waals surface area contributed by atoms with Crippen molar-refractivity contribution in [3.63, 3.8) is 0 Å². The van der Waals surface area contributed by atoms with Crippen LogP contribution in [0.4, 0.5) is 0 Å². The van der Waals surface area contributed by atoms with Gasteiger partial charge in [-0.15, -0.1) is 10.2 Å². The Hall–Kier alpha value is -2.22. The number of hydrogen-bond donors (Lipinski definition) is 0. The molecule has 1 aliphatic rings. The third-order valence-corrected chi connectivity index (χ3v) is 4.72. The number of hydrogen-bond acceptors (Lipinski definition) is 5. The summed E-state index contributed by atoms with van der Waals surface area (Å²) in [5.74, 6) is 1.77. The summed E-state index contributed by atoms with van der Waals surface area (Å²) in [4.78, 5) is 17.3. The Morgan fingerprint density at radius 2 is 1.96 bits per heavy atom. The van der Waals surface area contributed by atoms with Crippen LogP contribution in [0, 0.1) is 20.8 Å². The first-order valence-electron chi connectivity index (χ1n) is 8.14. The second kappa shape index (κ2) is 6.01. The van der Waals surface area contributed by atoms with Crippen LogP contribution in [0.25, 0.3) is 0 Å². The normalized spacial score (nSPS) is 17.5. The van der Waals surface area contributed by atoms with Crippen molar-refractivity contribution in [1.82, 2.24) is 34.3 Å². The van der Waals surface area contributed by atoms with Gasteiger partial charge in [-0.25, -0.2) is 0 Å². The molecular weight excluding hydrogens is 306 g/mol. The maximum absolute atomic E-state index is 13.3. The Kier molecular flexibility index (Phi) is 4.16. The van der Waals surface area contributed by atoms with Gasteiger partial charge in [0, 0.05) is 25.8 Å². The van der Waals surface area contributed by atoms with E-state index in [0.717, 1.165) is 36.1 Å². The van der Waals surface area contributed by atoms with Crippen LogP contribution in [0.1, 0.15) is 33.4 Å². The quantitative estimate of drug-likeness (QED) is 0.820. The molecular formula is C16H25N7O. The van der Waals surface area contributed by atoms with E-state index in [-0.39, 0.29) is 11.9 Å². The molecule has 0 spiro atoms. The lowest BCUT2D eigenvalue weighted by atomic mass is 10.1. The molecule has 1 aliphatic heterocycles. The maximum atomic E-state index is 13.3. The molecule has 8 nitrogen and oxygen atoms in total. The molecule has 3 rings (SSSR count). The highest BCUT2D eigenvalue weighted by Gasteiger charge is 2.34. The van der Waals surface area contributed by atoms with Crippen LogP contribution in [0.5, 0.6) is 0 Å². The smallest absolute Gasteiger partial charge is 0.258 e. The van der Waals surface area contributed by atoms with Crippen molar-refractivity contribution in [2.75, 3.05) is 20.6 Å². The van der Waals surface area contributed by atoms with Gasteiger partial charge in [-0.05, 0) is 34.9 Å². The van der Waals surface area contributed by atoms with Gasteiger partial charge in [-0.3, -0.25) is 9.48 Å². The zero-order valence-electron chi connectivity index (χ0n) is 15.2. The van der Waals surface area contributed by atoms with E-state index in [0.29, 0.717) is 12.1 Å². The monoisotopic (exact) mass is 331 g/mol. The highest BCUT2D eigenvalue weighted by molar-refractivity contribution is 5.96. The summed E-state index contributed by atoms with van der Waals surface area (Å²) >= 11 is 0. The predicted molar refractivity (Wildman–Crippen MR) is 89.7 cm³/mol. The minimum Gasteiger partial charge on any atom is -0.325 e. The Balaban J connectivity index is 1.98. The van der Waals surface area contributed by atoms with E-state index < -0.39 is 0 Å². The molecule has 8 heteroatoms. The van der Waals surface area contributed by atoms with Crippen molar-refractivity contribution in [2.45, 2.75) is 39.9 Å². The highest BCUT2D eigenvalue weighted by atomic mass is 16.2. The molecule has 0 aliphatic carbocycles. The number of aryl methyl sites for hydroxylation is 3. The summed E-state index contributed by atoms with van der Waals surface area (Å²) < 4.78 is 3.88. The van der Waals surface area contributed by atoms with Gasteiger partial charge < -0.3 is 14.4 Å². The minimum absolute atomic E-state index is 0.0249. The van der Waals surface area contributed by atoms with Gasteiger partial charge in [0.15, 0.2) is 5.82 Å². The number of nitrogens with zero attached hydrogens (tertiary/aromatic N) is 7. The fourth-order valence-electron chi connectivity index (χ4n) is 3.41. The summed E-state index contributed by atoms with van der Waals surface area (Å²) in [5, 5.41) is 12.8.